The third kappa shape index (κ3) is 4.92. The van der Waals surface area contributed by atoms with Crippen molar-refractivity contribution in [1.82, 2.24) is 0 Å². The van der Waals surface area contributed by atoms with Gasteiger partial charge in [-0.3, -0.25) is 4.79 Å². The van der Waals surface area contributed by atoms with E-state index in [4.69, 9.17) is 9.47 Å². The number of rotatable bonds is 8. The number of hydrogen-bond acceptors (Lipinski definition) is 3. The van der Waals surface area contributed by atoms with Gasteiger partial charge in [-0.25, -0.2) is 0 Å². The lowest BCUT2D eigenvalue weighted by atomic mass is 9.78. The molecule has 2 aromatic carbocycles. The predicted molar refractivity (Wildman–Crippen MR) is 120 cm³/mol. The Morgan fingerprint density at radius 1 is 1.21 bits per heavy atom. The van der Waals surface area contributed by atoms with Gasteiger partial charge >= 0.3 is 0 Å². The molecule has 0 unspecified atom stereocenters. The summed E-state index contributed by atoms with van der Waals surface area (Å²) in [5, 5.41) is 5.22. The molecule has 29 heavy (non-hydrogen) atoms. The van der Waals surface area contributed by atoms with Crippen LogP contribution < -0.4 is 10.1 Å². The molecule has 3 atom stereocenters. The first-order chi connectivity index (χ1) is 14.0. The summed E-state index contributed by atoms with van der Waals surface area (Å²) < 4.78 is 12.3. The number of fused-ring (bicyclic) bond motifs is 1. The van der Waals surface area contributed by atoms with Crippen LogP contribution in [0, 0.1) is 5.92 Å². The van der Waals surface area contributed by atoms with Gasteiger partial charge in [-0.1, -0.05) is 51.5 Å². The molecule has 0 saturated heterocycles. The number of benzene rings is 2. The summed E-state index contributed by atoms with van der Waals surface area (Å²) in [6, 6.07) is 12.0. The van der Waals surface area contributed by atoms with Crippen LogP contribution in [0.25, 0.3) is 10.8 Å². The van der Waals surface area contributed by atoms with Crippen molar-refractivity contribution < 1.29 is 14.3 Å². The molecular formula is C25H35NO3. The minimum Gasteiger partial charge on any atom is -0.490 e. The number of carbonyl (C=O) groups is 1. The lowest BCUT2D eigenvalue weighted by Crippen LogP contribution is -2.48. The highest BCUT2D eigenvalue weighted by Crippen LogP contribution is 2.38. The first kappa shape index (κ1) is 21.6. The van der Waals surface area contributed by atoms with Crippen molar-refractivity contribution in [3.05, 3.63) is 36.4 Å². The second kappa shape index (κ2) is 9.62. The van der Waals surface area contributed by atoms with Crippen molar-refractivity contribution in [1.29, 1.82) is 0 Å². The second-order valence-corrected chi connectivity index (χ2v) is 8.49. The molecule has 0 aromatic heterocycles. The van der Waals surface area contributed by atoms with Crippen LogP contribution in [0.4, 0.5) is 5.69 Å². The topological polar surface area (TPSA) is 47.6 Å². The highest BCUT2D eigenvalue weighted by atomic mass is 16.5. The van der Waals surface area contributed by atoms with Gasteiger partial charge < -0.3 is 14.8 Å². The summed E-state index contributed by atoms with van der Waals surface area (Å²) in [7, 11) is 0. The molecule has 1 fully saturated rings. The van der Waals surface area contributed by atoms with Gasteiger partial charge in [-0.2, -0.15) is 0 Å². The zero-order valence-electron chi connectivity index (χ0n) is 18.3. The van der Waals surface area contributed by atoms with E-state index in [-0.39, 0.29) is 12.0 Å². The fourth-order valence-electron chi connectivity index (χ4n) is 4.22. The molecule has 1 saturated carbocycles. The first-order valence-corrected chi connectivity index (χ1v) is 11.1. The number of hydrogen-bond donors (Lipinski definition) is 1. The van der Waals surface area contributed by atoms with E-state index in [1.54, 1.807) is 0 Å². The van der Waals surface area contributed by atoms with Crippen molar-refractivity contribution in [3.63, 3.8) is 0 Å². The maximum atomic E-state index is 13.4. The zero-order valence-corrected chi connectivity index (χ0v) is 18.3. The average molecular weight is 398 g/mol. The van der Waals surface area contributed by atoms with Gasteiger partial charge in [0.05, 0.1) is 6.10 Å². The van der Waals surface area contributed by atoms with Gasteiger partial charge in [0.1, 0.15) is 11.4 Å². The SMILES string of the molecule is CCCO[C@]1(C(=O)Nc2ccc(O[C@H](C)CC)c3ccccc23)CCC[C@H](C)C1. The van der Waals surface area contributed by atoms with Crippen molar-refractivity contribution in [2.45, 2.75) is 77.9 Å². The Kier molecular flexibility index (Phi) is 7.18. The molecule has 0 aliphatic heterocycles. The largest absolute Gasteiger partial charge is 0.490 e. The molecule has 0 heterocycles. The molecule has 3 rings (SSSR count). The van der Waals surface area contributed by atoms with Gasteiger partial charge in [-0.05, 0) is 57.1 Å². The van der Waals surface area contributed by atoms with E-state index < -0.39 is 5.60 Å². The van der Waals surface area contributed by atoms with Gasteiger partial charge in [0, 0.05) is 23.1 Å². The maximum Gasteiger partial charge on any atom is 0.256 e. The third-order valence-corrected chi connectivity index (χ3v) is 5.99. The normalized spacial score (nSPS) is 23.0. The standard InChI is InChI=1S/C25H35NO3/c1-5-16-28-25(15-9-10-18(3)17-25)24(27)26-22-13-14-23(29-19(4)6-2)21-12-8-7-11-20(21)22/h7-8,11-14,18-19H,5-6,9-10,15-17H2,1-4H3,(H,26,27)/t18-,19+,25+/m0/s1. The molecule has 1 aliphatic rings. The Bertz CT molecular complexity index is 834. The molecule has 4 nitrogen and oxygen atoms in total. The monoisotopic (exact) mass is 397 g/mol. The van der Waals surface area contributed by atoms with Crippen LogP contribution in [-0.2, 0) is 9.53 Å². The fraction of sp³-hybridized carbons (Fsp3) is 0.560. The summed E-state index contributed by atoms with van der Waals surface area (Å²) in [5.74, 6) is 1.34. The Morgan fingerprint density at radius 2 is 1.97 bits per heavy atom. The van der Waals surface area contributed by atoms with Crippen molar-refractivity contribution in [2.75, 3.05) is 11.9 Å². The van der Waals surface area contributed by atoms with Crippen LogP contribution in [0.3, 0.4) is 0 Å². The van der Waals surface area contributed by atoms with E-state index in [0.717, 1.165) is 60.7 Å². The van der Waals surface area contributed by atoms with Gasteiger partial charge in [0.2, 0.25) is 0 Å². The number of carbonyl (C=O) groups excluding carboxylic acids is 1. The van der Waals surface area contributed by atoms with E-state index in [1.165, 1.54) is 0 Å². The summed E-state index contributed by atoms with van der Waals surface area (Å²) >= 11 is 0. The Morgan fingerprint density at radius 3 is 2.66 bits per heavy atom. The Hall–Kier alpha value is -2.07. The summed E-state index contributed by atoms with van der Waals surface area (Å²) in [5.41, 5.74) is 0.0977. The lowest BCUT2D eigenvalue weighted by Gasteiger charge is -2.38. The highest BCUT2D eigenvalue weighted by Gasteiger charge is 2.42. The van der Waals surface area contributed by atoms with Crippen LogP contribution in [0.2, 0.25) is 0 Å². The Balaban J connectivity index is 1.90. The van der Waals surface area contributed by atoms with Gasteiger partial charge in [-0.15, -0.1) is 0 Å². The van der Waals surface area contributed by atoms with E-state index in [2.05, 4.69) is 39.1 Å². The molecule has 0 radical (unpaired) electrons. The minimum absolute atomic E-state index is 0.0155. The smallest absolute Gasteiger partial charge is 0.256 e. The zero-order chi connectivity index (χ0) is 20.9. The molecule has 1 N–H and O–H groups in total. The predicted octanol–water partition coefficient (Wildman–Crippen LogP) is 6.33. The summed E-state index contributed by atoms with van der Waals surface area (Å²) in [4.78, 5) is 13.4. The number of nitrogens with one attached hydrogen (secondary N) is 1. The fourth-order valence-corrected chi connectivity index (χ4v) is 4.22. The molecule has 0 bridgehead atoms. The van der Waals surface area contributed by atoms with Crippen LogP contribution in [-0.4, -0.2) is 24.2 Å². The highest BCUT2D eigenvalue weighted by molar-refractivity contribution is 6.06. The average Bonchev–Trinajstić information content (AvgIpc) is 2.73. The van der Waals surface area contributed by atoms with Crippen LogP contribution in [0.5, 0.6) is 5.75 Å². The maximum absolute atomic E-state index is 13.4. The molecule has 158 valence electrons. The van der Waals surface area contributed by atoms with Crippen LogP contribution >= 0.6 is 0 Å². The van der Waals surface area contributed by atoms with Crippen molar-refractivity contribution in [3.8, 4) is 5.75 Å². The first-order valence-electron chi connectivity index (χ1n) is 11.1. The Labute approximate surface area is 175 Å². The molecule has 4 heteroatoms. The summed E-state index contributed by atoms with van der Waals surface area (Å²) in [6.07, 6.45) is 5.77. The molecular weight excluding hydrogens is 362 g/mol. The number of amides is 1. The molecule has 1 aliphatic carbocycles. The van der Waals surface area contributed by atoms with Crippen molar-refractivity contribution in [2.24, 2.45) is 5.92 Å². The van der Waals surface area contributed by atoms with Crippen LogP contribution in [0.15, 0.2) is 36.4 Å². The summed E-state index contributed by atoms with van der Waals surface area (Å²) in [6.45, 7) is 9.10. The van der Waals surface area contributed by atoms with E-state index in [0.29, 0.717) is 12.5 Å². The molecule has 2 aromatic rings. The number of ether oxygens (including phenoxy) is 2. The van der Waals surface area contributed by atoms with E-state index in [9.17, 15) is 4.79 Å². The third-order valence-electron chi connectivity index (χ3n) is 5.99. The van der Waals surface area contributed by atoms with Crippen LogP contribution in [0.1, 0.15) is 66.2 Å². The van der Waals surface area contributed by atoms with E-state index >= 15 is 0 Å². The lowest BCUT2D eigenvalue weighted by molar-refractivity contribution is -0.148. The second-order valence-electron chi connectivity index (χ2n) is 8.49. The number of anilines is 1. The molecule has 0 spiro atoms. The van der Waals surface area contributed by atoms with Gasteiger partial charge in [0.25, 0.3) is 5.91 Å². The van der Waals surface area contributed by atoms with Gasteiger partial charge in [0.15, 0.2) is 0 Å². The van der Waals surface area contributed by atoms with Crippen molar-refractivity contribution >= 4 is 22.4 Å². The minimum atomic E-state index is -0.722. The quantitative estimate of drug-likeness (QED) is 0.566. The van der Waals surface area contributed by atoms with E-state index in [1.807, 2.05) is 30.3 Å². The molecule has 1 amide bonds.